The highest BCUT2D eigenvalue weighted by Gasteiger charge is 2.33. The van der Waals surface area contributed by atoms with Crippen LogP contribution in [0.25, 0.3) is 5.47 Å². The average Bonchev–Trinajstić information content (AvgIpc) is 3.26. The number of amidine groups is 1. The lowest BCUT2D eigenvalue weighted by molar-refractivity contribution is 0.598. The Morgan fingerprint density at radius 2 is 2.29 bits per heavy atom. The maximum atomic E-state index is 6.31. The van der Waals surface area contributed by atoms with E-state index in [0.29, 0.717) is 5.92 Å². The summed E-state index contributed by atoms with van der Waals surface area (Å²) in [5.74, 6) is 1.41. The Balaban J connectivity index is 1.70. The number of aliphatic imine (C=N–C) groups is 1. The van der Waals surface area contributed by atoms with Crippen LogP contribution in [0.3, 0.4) is 0 Å². The molecule has 1 aromatic rings. The summed E-state index contributed by atoms with van der Waals surface area (Å²) in [4.78, 5) is 4.96. The summed E-state index contributed by atoms with van der Waals surface area (Å²) in [7, 11) is 0.905. The Bertz CT molecular complexity index is 783. The highest BCUT2D eigenvalue weighted by atomic mass is 15.1. The van der Waals surface area contributed by atoms with Gasteiger partial charge in [-0.25, -0.2) is 4.99 Å². The fraction of sp³-hybridized carbons (Fsp3) is 0.444. The van der Waals surface area contributed by atoms with Crippen LogP contribution < -0.4 is 11.1 Å². The third-order valence-electron chi connectivity index (χ3n) is 5.32. The molecule has 4 rings (SSSR count). The molecule has 3 heterocycles. The molecule has 24 heavy (non-hydrogen) atoms. The van der Waals surface area contributed by atoms with Crippen molar-refractivity contribution in [2.24, 2.45) is 16.6 Å². The molecule has 2 atom stereocenters. The van der Waals surface area contributed by atoms with E-state index < -0.39 is 0 Å². The number of allylic oxidation sites excluding steroid dienone is 3. The summed E-state index contributed by atoms with van der Waals surface area (Å²) in [6.07, 6.45) is 10.8. The van der Waals surface area contributed by atoms with Gasteiger partial charge in [-0.1, -0.05) is 24.9 Å². The van der Waals surface area contributed by atoms with Crippen LogP contribution in [0, 0.1) is 12.8 Å². The van der Waals surface area contributed by atoms with Gasteiger partial charge in [0.2, 0.25) is 0 Å². The van der Waals surface area contributed by atoms with Gasteiger partial charge in [-0.3, -0.25) is 5.10 Å². The van der Waals surface area contributed by atoms with Gasteiger partial charge in [0.25, 0.3) is 0 Å². The summed E-state index contributed by atoms with van der Waals surface area (Å²) < 4.78 is 0. The van der Waals surface area contributed by atoms with Gasteiger partial charge in [-0.05, 0) is 37.7 Å². The van der Waals surface area contributed by atoms with Crippen LogP contribution in [0.5, 0.6) is 0 Å². The standard InChI is InChI=1S/C18H24BN5/c1-3-5-15-17-16(8-13(19-17)12-9-21-24-10(12)2)23-18(22-15)11-6-4-7-14(11)20/h5,8-9,11,14,19H,3-4,6-7,20H2,1-2H3,(H,21,24)(H,22,23)/b15-5+. The molecule has 2 aliphatic heterocycles. The SMILES string of the molecule is CC/C=C1/NC(C2CCCC2N)=NC2=C1BC(c1cn[nH]c1C)=C2. The first-order chi connectivity index (χ1) is 11.7. The number of nitrogens with one attached hydrogen (secondary N) is 2. The number of aryl methyl sites for hydroxylation is 1. The Hall–Kier alpha value is -2.08. The number of nitrogens with two attached hydrogens (primary N) is 1. The molecule has 1 saturated carbocycles. The second-order valence-electron chi connectivity index (χ2n) is 6.97. The fourth-order valence-electron chi connectivity index (χ4n) is 4.02. The zero-order valence-electron chi connectivity index (χ0n) is 14.4. The van der Waals surface area contributed by atoms with Crippen molar-refractivity contribution in [3.8, 4) is 0 Å². The van der Waals surface area contributed by atoms with Gasteiger partial charge in [-0.2, -0.15) is 5.10 Å². The summed E-state index contributed by atoms with van der Waals surface area (Å²) in [6, 6.07) is 0.224. The molecular formula is C18H24BN5. The molecule has 4 N–H and O–H groups in total. The third kappa shape index (κ3) is 2.55. The predicted molar refractivity (Wildman–Crippen MR) is 99.7 cm³/mol. The van der Waals surface area contributed by atoms with E-state index in [-0.39, 0.29) is 6.04 Å². The van der Waals surface area contributed by atoms with Gasteiger partial charge in [0.05, 0.1) is 11.9 Å². The molecule has 5 nitrogen and oxygen atoms in total. The average molecular weight is 321 g/mol. The lowest BCUT2D eigenvalue weighted by Gasteiger charge is -2.26. The minimum Gasteiger partial charge on any atom is -0.344 e. The minimum absolute atomic E-state index is 0.224. The van der Waals surface area contributed by atoms with Crippen molar-refractivity contribution >= 4 is 18.6 Å². The van der Waals surface area contributed by atoms with Gasteiger partial charge < -0.3 is 11.1 Å². The number of aromatic amines is 1. The van der Waals surface area contributed by atoms with Gasteiger partial charge in [0.15, 0.2) is 7.28 Å². The quantitative estimate of drug-likeness (QED) is 0.746. The maximum Gasteiger partial charge on any atom is 0.198 e. The molecule has 1 aliphatic carbocycles. The lowest BCUT2D eigenvalue weighted by atomic mass is 9.62. The van der Waals surface area contributed by atoms with E-state index in [1.807, 2.05) is 6.20 Å². The van der Waals surface area contributed by atoms with E-state index >= 15 is 0 Å². The Morgan fingerprint density at radius 3 is 2.96 bits per heavy atom. The molecular weight excluding hydrogens is 297 g/mol. The van der Waals surface area contributed by atoms with E-state index in [1.54, 1.807) is 0 Å². The van der Waals surface area contributed by atoms with Gasteiger partial charge >= 0.3 is 0 Å². The Kier molecular flexibility index (Phi) is 3.92. The maximum absolute atomic E-state index is 6.31. The first-order valence-corrected chi connectivity index (χ1v) is 8.93. The smallest absolute Gasteiger partial charge is 0.198 e. The number of rotatable bonds is 3. The minimum atomic E-state index is 0.224. The highest BCUT2D eigenvalue weighted by Crippen LogP contribution is 2.35. The number of hydrogen-bond donors (Lipinski definition) is 3. The zero-order valence-corrected chi connectivity index (χ0v) is 14.4. The van der Waals surface area contributed by atoms with Crippen molar-refractivity contribution in [3.05, 3.63) is 46.5 Å². The monoisotopic (exact) mass is 321 g/mol. The Labute approximate surface area is 143 Å². The van der Waals surface area contributed by atoms with E-state index in [4.69, 9.17) is 10.7 Å². The van der Waals surface area contributed by atoms with Crippen LogP contribution in [0.4, 0.5) is 0 Å². The molecule has 0 spiro atoms. The molecule has 0 amide bonds. The van der Waals surface area contributed by atoms with Crippen LogP contribution in [0.1, 0.15) is 43.9 Å². The molecule has 1 fully saturated rings. The Morgan fingerprint density at radius 1 is 1.42 bits per heavy atom. The summed E-state index contributed by atoms with van der Waals surface area (Å²) >= 11 is 0. The van der Waals surface area contributed by atoms with E-state index in [1.165, 1.54) is 28.6 Å². The van der Waals surface area contributed by atoms with Crippen molar-refractivity contribution in [2.45, 2.75) is 45.6 Å². The van der Waals surface area contributed by atoms with Crippen LogP contribution in [0.15, 0.2) is 40.2 Å². The second-order valence-corrected chi connectivity index (χ2v) is 6.97. The summed E-state index contributed by atoms with van der Waals surface area (Å²) in [5.41, 5.74) is 13.5. The zero-order chi connectivity index (χ0) is 16.7. The van der Waals surface area contributed by atoms with Crippen LogP contribution >= 0.6 is 0 Å². The molecule has 124 valence electrons. The van der Waals surface area contributed by atoms with Crippen LogP contribution in [0.2, 0.25) is 0 Å². The fourth-order valence-corrected chi connectivity index (χ4v) is 4.02. The molecule has 3 aliphatic rings. The van der Waals surface area contributed by atoms with E-state index in [2.05, 4.69) is 41.5 Å². The number of hydrogen-bond acceptors (Lipinski definition) is 4. The van der Waals surface area contributed by atoms with E-state index in [9.17, 15) is 0 Å². The largest absolute Gasteiger partial charge is 0.344 e. The third-order valence-corrected chi connectivity index (χ3v) is 5.32. The van der Waals surface area contributed by atoms with Gasteiger partial charge in [0, 0.05) is 28.9 Å². The molecule has 0 saturated heterocycles. The first kappa shape index (κ1) is 15.5. The molecule has 1 aromatic heterocycles. The van der Waals surface area contributed by atoms with Crippen LogP contribution in [-0.4, -0.2) is 29.4 Å². The van der Waals surface area contributed by atoms with Crippen molar-refractivity contribution in [1.82, 2.24) is 15.5 Å². The number of aromatic nitrogens is 2. The molecule has 0 radical (unpaired) electrons. The van der Waals surface area contributed by atoms with Gasteiger partial charge in [0.1, 0.15) is 5.84 Å². The number of H-pyrrole nitrogens is 1. The molecule has 6 heteroatoms. The topological polar surface area (TPSA) is 79.1 Å². The molecule has 2 unspecified atom stereocenters. The molecule has 0 aromatic carbocycles. The first-order valence-electron chi connectivity index (χ1n) is 8.93. The van der Waals surface area contributed by atoms with Crippen LogP contribution in [-0.2, 0) is 0 Å². The van der Waals surface area contributed by atoms with E-state index in [0.717, 1.165) is 43.8 Å². The summed E-state index contributed by atoms with van der Waals surface area (Å²) in [5, 5.41) is 10.8. The normalized spacial score (nSPS) is 27.7. The van der Waals surface area contributed by atoms with Crippen molar-refractivity contribution in [2.75, 3.05) is 0 Å². The van der Waals surface area contributed by atoms with Crippen molar-refractivity contribution in [1.29, 1.82) is 0 Å². The molecule has 0 bridgehead atoms. The number of nitrogens with zero attached hydrogens (tertiary/aromatic N) is 2. The predicted octanol–water partition coefficient (Wildman–Crippen LogP) is 2.14. The van der Waals surface area contributed by atoms with Gasteiger partial charge in [-0.15, -0.1) is 0 Å². The summed E-state index contributed by atoms with van der Waals surface area (Å²) in [6.45, 7) is 4.24. The van der Waals surface area contributed by atoms with Crippen molar-refractivity contribution in [3.63, 3.8) is 0 Å². The second kappa shape index (κ2) is 6.09. The highest BCUT2D eigenvalue weighted by molar-refractivity contribution is 6.70. The van der Waals surface area contributed by atoms with Crippen molar-refractivity contribution < 1.29 is 0 Å². The lowest BCUT2D eigenvalue weighted by Crippen LogP contribution is -2.40.